The van der Waals surface area contributed by atoms with Crippen LogP contribution in [0.2, 0.25) is 0 Å². The molecule has 0 bridgehead atoms. The summed E-state index contributed by atoms with van der Waals surface area (Å²) in [4.78, 5) is 13.9. The van der Waals surface area contributed by atoms with E-state index >= 15 is 0 Å². The number of hydrogen-bond acceptors (Lipinski definition) is 2. The van der Waals surface area contributed by atoms with Gasteiger partial charge in [0.25, 0.3) is 0 Å². The van der Waals surface area contributed by atoms with Gasteiger partial charge in [0.05, 0.1) is 6.54 Å². The van der Waals surface area contributed by atoms with Gasteiger partial charge in [-0.15, -0.1) is 17.0 Å². The van der Waals surface area contributed by atoms with Crippen LogP contribution < -0.4 is 0 Å². The maximum Gasteiger partial charge on any atom is 0.176 e. The molecule has 0 spiro atoms. The summed E-state index contributed by atoms with van der Waals surface area (Å²) in [6.45, 7) is 6.48. The summed E-state index contributed by atoms with van der Waals surface area (Å²) in [5.74, 6) is 0.186. The molecule has 0 aromatic heterocycles. The van der Waals surface area contributed by atoms with E-state index in [1.165, 1.54) is 0 Å². The van der Waals surface area contributed by atoms with Crippen LogP contribution in [0.5, 0.6) is 0 Å². The Bertz CT molecular complexity index is 320. The van der Waals surface area contributed by atoms with Gasteiger partial charge >= 0.3 is 0 Å². The molecule has 0 aliphatic rings. The Hall–Kier alpha value is -0.190. The van der Waals surface area contributed by atoms with Crippen LogP contribution in [0.25, 0.3) is 0 Å². The van der Waals surface area contributed by atoms with Crippen molar-refractivity contribution in [1.29, 1.82) is 0 Å². The Labute approximate surface area is 116 Å². The van der Waals surface area contributed by atoms with Gasteiger partial charge in [0.15, 0.2) is 5.78 Å². The van der Waals surface area contributed by atoms with Crippen molar-refractivity contribution < 1.29 is 4.79 Å². The summed E-state index contributed by atoms with van der Waals surface area (Å²) < 4.78 is 1.00. The number of rotatable bonds is 5. The second kappa shape index (κ2) is 7.98. The minimum Gasteiger partial charge on any atom is -0.296 e. The molecule has 1 aromatic rings. The highest BCUT2D eigenvalue weighted by Crippen LogP contribution is 2.11. The van der Waals surface area contributed by atoms with Gasteiger partial charge in [0.2, 0.25) is 0 Å². The quantitative estimate of drug-likeness (QED) is 0.757. The molecule has 0 aliphatic heterocycles. The number of carbonyl (C=O) groups is 1. The lowest BCUT2D eigenvalue weighted by molar-refractivity contribution is 0.0937. The van der Waals surface area contributed by atoms with Crippen molar-refractivity contribution in [3.05, 3.63) is 34.3 Å². The molecule has 0 N–H and O–H groups in total. The number of ketones is 1. The monoisotopic (exact) mass is 349 g/mol. The Morgan fingerprint density at radius 2 is 1.69 bits per heavy atom. The molecule has 2 nitrogen and oxygen atoms in total. The first kappa shape index (κ1) is 15.8. The van der Waals surface area contributed by atoms with Gasteiger partial charge in [-0.3, -0.25) is 9.69 Å². The third kappa shape index (κ3) is 4.76. The fourth-order valence-electron chi connectivity index (χ4n) is 1.38. The van der Waals surface area contributed by atoms with Gasteiger partial charge in [-0.1, -0.05) is 41.9 Å². The van der Waals surface area contributed by atoms with Gasteiger partial charge in [0.1, 0.15) is 0 Å². The Kier molecular flexibility index (Phi) is 7.89. The number of halogens is 2. The van der Waals surface area contributed by atoms with Crippen molar-refractivity contribution in [2.45, 2.75) is 13.8 Å². The number of carbonyl (C=O) groups excluding carboxylic acids is 1. The zero-order valence-corrected chi connectivity index (χ0v) is 12.9. The summed E-state index contributed by atoms with van der Waals surface area (Å²) in [7, 11) is 0. The molecule has 0 aliphatic carbocycles. The smallest absolute Gasteiger partial charge is 0.176 e. The van der Waals surface area contributed by atoms with E-state index in [1.54, 1.807) is 0 Å². The second-order valence-corrected chi connectivity index (χ2v) is 4.31. The largest absolute Gasteiger partial charge is 0.296 e. The lowest BCUT2D eigenvalue weighted by Gasteiger charge is -2.16. The molecule has 0 atom stereocenters. The van der Waals surface area contributed by atoms with E-state index in [0.717, 1.165) is 23.1 Å². The average Bonchev–Trinajstić information content (AvgIpc) is 2.26. The van der Waals surface area contributed by atoms with Crippen LogP contribution in [0.15, 0.2) is 28.7 Å². The topological polar surface area (TPSA) is 20.3 Å². The highest BCUT2D eigenvalue weighted by Gasteiger charge is 2.09. The predicted molar refractivity (Wildman–Crippen MR) is 76.6 cm³/mol. The predicted octanol–water partition coefficient (Wildman–Crippen LogP) is 3.55. The lowest BCUT2D eigenvalue weighted by Crippen LogP contribution is -2.29. The number of hydrogen-bond donors (Lipinski definition) is 0. The molecule has 1 aromatic carbocycles. The van der Waals surface area contributed by atoms with E-state index in [0.29, 0.717) is 6.54 Å². The molecule has 4 heteroatoms. The molecule has 0 amide bonds. The van der Waals surface area contributed by atoms with Crippen molar-refractivity contribution in [3.63, 3.8) is 0 Å². The molecule has 0 saturated carbocycles. The van der Waals surface area contributed by atoms with E-state index in [4.69, 9.17) is 0 Å². The highest BCUT2D eigenvalue weighted by molar-refractivity contribution is 9.10. The zero-order chi connectivity index (χ0) is 11.3. The van der Waals surface area contributed by atoms with E-state index in [2.05, 4.69) is 34.7 Å². The highest BCUT2D eigenvalue weighted by atomic mass is 79.9. The number of nitrogens with zero attached hydrogens (tertiary/aromatic N) is 1. The first-order valence-corrected chi connectivity index (χ1v) is 5.97. The van der Waals surface area contributed by atoms with Gasteiger partial charge < -0.3 is 0 Å². The summed E-state index contributed by atoms with van der Waals surface area (Å²) in [5.41, 5.74) is 0.783. The van der Waals surface area contributed by atoms with Crippen molar-refractivity contribution in [2.24, 2.45) is 0 Å². The molecule has 0 radical (unpaired) electrons. The standard InChI is InChI=1S/C12H16BrNO.BrH/c1-3-14(4-2)9-12(15)10-5-7-11(13)8-6-10;/h5-8H,3-4,9H2,1-2H3;1H. The van der Waals surface area contributed by atoms with Gasteiger partial charge in [0, 0.05) is 10.0 Å². The molecule has 1 rings (SSSR count). The first-order chi connectivity index (χ1) is 7.17. The fraction of sp³-hybridized carbons (Fsp3) is 0.417. The summed E-state index contributed by atoms with van der Waals surface area (Å²) in [6.07, 6.45) is 0. The molecular formula is C12H17Br2NO. The minimum absolute atomic E-state index is 0. The maximum atomic E-state index is 11.8. The lowest BCUT2D eigenvalue weighted by atomic mass is 10.1. The number of benzene rings is 1. The Morgan fingerprint density at radius 3 is 2.12 bits per heavy atom. The summed E-state index contributed by atoms with van der Waals surface area (Å²) >= 11 is 3.35. The van der Waals surface area contributed by atoms with Crippen molar-refractivity contribution >= 4 is 38.7 Å². The molecule has 0 heterocycles. The third-order valence-electron chi connectivity index (χ3n) is 2.43. The van der Waals surface area contributed by atoms with Gasteiger partial charge in [-0.2, -0.15) is 0 Å². The average molecular weight is 351 g/mol. The Morgan fingerprint density at radius 1 is 1.19 bits per heavy atom. The van der Waals surface area contributed by atoms with Crippen LogP contribution in [0, 0.1) is 0 Å². The third-order valence-corrected chi connectivity index (χ3v) is 2.96. The first-order valence-electron chi connectivity index (χ1n) is 5.18. The molecule has 0 saturated heterocycles. The van der Waals surface area contributed by atoms with E-state index < -0.39 is 0 Å². The molecule has 0 fully saturated rings. The summed E-state index contributed by atoms with van der Waals surface area (Å²) in [6, 6.07) is 7.51. The van der Waals surface area contributed by atoms with Crippen molar-refractivity contribution in [1.82, 2.24) is 4.90 Å². The van der Waals surface area contributed by atoms with Crippen molar-refractivity contribution in [3.8, 4) is 0 Å². The van der Waals surface area contributed by atoms with Crippen LogP contribution in [0.3, 0.4) is 0 Å². The van der Waals surface area contributed by atoms with Gasteiger partial charge in [-0.05, 0) is 25.2 Å². The zero-order valence-electron chi connectivity index (χ0n) is 9.57. The normalized spacial score (nSPS) is 10.0. The van der Waals surface area contributed by atoms with Gasteiger partial charge in [-0.25, -0.2) is 0 Å². The van der Waals surface area contributed by atoms with Crippen LogP contribution >= 0.6 is 32.9 Å². The van der Waals surface area contributed by atoms with E-state index in [-0.39, 0.29) is 22.8 Å². The minimum atomic E-state index is 0. The maximum absolute atomic E-state index is 11.8. The Balaban J connectivity index is 0.00000225. The molecular weight excluding hydrogens is 334 g/mol. The van der Waals surface area contributed by atoms with Crippen molar-refractivity contribution in [2.75, 3.05) is 19.6 Å². The van der Waals surface area contributed by atoms with E-state index in [1.807, 2.05) is 24.3 Å². The van der Waals surface area contributed by atoms with Crippen LogP contribution in [0.1, 0.15) is 24.2 Å². The number of likely N-dealkylation sites (N-methyl/N-ethyl adjacent to an activating group) is 1. The van der Waals surface area contributed by atoms with Crippen LogP contribution in [-0.4, -0.2) is 30.3 Å². The summed E-state index contributed by atoms with van der Waals surface area (Å²) in [5, 5.41) is 0. The van der Waals surface area contributed by atoms with E-state index in [9.17, 15) is 4.79 Å². The molecule has 16 heavy (non-hydrogen) atoms. The number of Topliss-reactive ketones (excluding diaryl/α,β-unsaturated/α-hetero) is 1. The van der Waals surface area contributed by atoms with Crippen LogP contribution in [0.4, 0.5) is 0 Å². The SMILES string of the molecule is Br.CCN(CC)CC(=O)c1ccc(Br)cc1. The van der Waals surface area contributed by atoms with Crippen LogP contribution in [-0.2, 0) is 0 Å². The fourth-order valence-corrected chi connectivity index (χ4v) is 1.64. The molecule has 90 valence electrons. The second-order valence-electron chi connectivity index (χ2n) is 3.39. The molecule has 0 unspecified atom stereocenters.